The van der Waals surface area contributed by atoms with Crippen LogP contribution in [-0.4, -0.2) is 15.7 Å². The maximum atomic E-state index is 6.60. The second kappa shape index (κ2) is 3.58. The third-order valence-electron chi connectivity index (χ3n) is 6.08. The quantitative estimate of drug-likeness (QED) is 0.599. The van der Waals surface area contributed by atoms with E-state index >= 15 is 0 Å². The molecule has 4 bridgehead atoms. The minimum absolute atomic E-state index is 0.00698. The van der Waals surface area contributed by atoms with Crippen molar-refractivity contribution < 1.29 is 0 Å². The van der Waals surface area contributed by atoms with Crippen LogP contribution in [0.15, 0.2) is 0 Å². The Bertz CT molecular complexity index is 285. The standard InChI is InChI=1S/C15H24B2/c1-14(2,3)15(16,17)13-11-5-9-4-10(7-11)8-12(13)6-9/h9-13H,4-8H2,1-3H3. The van der Waals surface area contributed by atoms with Crippen LogP contribution in [0.3, 0.4) is 0 Å². The minimum Gasteiger partial charge on any atom is -0.0911 e. The maximum absolute atomic E-state index is 6.60. The topological polar surface area (TPSA) is 0 Å². The molecule has 2 heteroatoms. The maximum Gasteiger partial charge on any atom is 0.0631 e. The molecule has 0 nitrogen and oxygen atoms in total. The van der Waals surface area contributed by atoms with Crippen molar-refractivity contribution in [2.75, 3.05) is 0 Å². The summed E-state index contributed by atoms with van der Waals surface area (Å²) in [6.07, 6.45) is 7.12. The van der Waals surface area contributed by atoms with E-state index in [9.17, 15) is 0 Å². The summed E-state index contributed by atoms with van der Waals surface area (Å²) in [6.45, 7) is 6.62. The molecule has 17 heavy (non-hydrogen) atoms. The van der Waals surface area contributed by atoms with E-state index in [0.717, 1.165) is 23.7 Å². The normalized spacial score (nSPS) is 45.2. The van der Waals surface area contributed by atoms with Crippen LogP contribution in [0.1, 0.15) is 52.9 Å². The van der Waals surface area contributed by atoms with Gasteiger partial charge in [0, 0.05) is 0 Å². The Labute approximate surface area is 109 Å². The highest BCUT2D eigenvalue weighted by Crippen LogP contribution is 2.64. The van der Waals surface area contributed by atoms with Gasteiger partial charge in [-0.25, -0.2) is 0 Å². The summed E-state index contributed by atoms with van der Waals surface area (Å²) >= 11 is 0. The molecule has 4 aliphatic carbocycles. The van der Waals surface area contributed by atoms with Crippen molar-refractivity contribution in [2.24, 2.45) is 35.0 Å². The van der Waals surface area contributed by atoms with Crippen LogP contribution in [-0.2, 0) is 0 Å². The van der Waals surface area contributed by atoms with Gasteiger partial charge in [-0.3, -0.25) is 0 Å². The lowest BCUT2D eigenvalue weighted by Gasteiger charge is -2.62. The molecule has 90 valence electrons. The Morgan fingerprint density at radius 2 is 1.18 bits per heavy atom. The Morgan fingerprint density at radius 1 is 0.765 bits per heavy atom. The van der Waals surface area contributed by atoms with Crippen LogP contribution in [0, 0.1) is 35.0 Å². The molecular weight excluding hydrogens is 202 g/mol. The van der Waals surface area contributed by atoms with Gasteiger partial charge in [0.1, 0.15) is 0 Å². The molecule has 4 aliphatic rings. The first kappa shape index (κ1) is 12.2. The van der Waals surface area contributed by atoms with Gasteiger partial charge in [-0.05, 0) is 67.1 Å². The molecule has 4 radical (unpaired) electrons. The van der Waals surface area contributed by atoms with E-state index in [0.29, 0.717) is 5.92 Å². The van der Waals surface area contributed by atoms with Crippen molar-refractivity contribution in [1.82, 2.24) is 0 Å². The molecule has 4 saturated carbocycles. The first-order valence-corrected chi connectivity index (χ1v) is 7.37. The zero-order valence-corrected chi connectivity index (χ0v) is 11.6. The van der Waals surface area contributed by atoms with E-state index in [1.807, 2.05) is 0 Å². The highest BCUT2D eigenvalue weighted by atomic mass is 14.6. The fourth-order valence-electron chi connectivity index (χ4n) is 5.21. The second-order valence-electron chi connectivity index (χ2n) is 8.14. The lowest BCUT2D eigenvalue weighted by atomic mass is 9.32. The molecule has 0 spiro atoms. The molecule has 0 atom stereocenters. The summed E-state index contributed by atoms with van der Waals surface area (Å²) < 4.78 is 0. The fraction of sp³-hybridized carbons (Fsp3) is 1.00. The molecule has 0 amide bonds. The van der Waals surface area contributed by atoms with Crippen LogP contribution >= 0.6 is 0 Å². The van der Waals surface area contributed by atoms with Gasteiger partial charge in [0.05, 0.1) is 15.7 Å². The van der Waals surface area contributed by atoms with Crippen LogP contribution in [0.5, 0.6) is 0 Å². The molecule has 0 aromatic carbocycles. The van der Waals surface area contributed by atoms with E-state index in [1.54, 1.807) is 0 Å². The van der Waals surface area contributed by atoms with Gasteiger partial charge in [-0.2, -0.15) is 0 Å². The largest absolute Gasteiger partial charge is 0.0911 e. The van der Waals surface area contributed by atoms with Crippen LogP contribution in [0.4, 0.5) is 0 Å². The van der Waals surface area contributed by atoms with Gasteiger partial charge in [-0.15, -0.1) is 0 Å². The smallest absolute Gasteiger partial charge is 0.0631 e. The summed E-state index contributed by atoms with van der Waals surface area (Å²) in [5.74, 6) is 4.21. The average molecular weight is 226 g/mol. The first-order valence-electron chi connectivity index (χ1n) is 7.37. The van der Waals surface area contributed by atoms with Crippen molar-refractivity contribution in [3.05, 3.63) is 0 Å². The van der Waals surface area contributed by atoms with Gasteiger partial charge in [0.2, 0.25) is 0 Å². The predicted octanol–water partition coefficient (Wildman–Crippen LogP) is 3.56. The summed E-state index contributed by atoms with van der Waals surface area (Å²) in [6, 6.07) is 0. The SMILES string of the molecule is [B]C([B])(C1C2CC3CC(C2)CC1C3)C(C)(C)C. The Hall–Kier alpha value is 0.130. The van der Waals surface area contributed by atoms with Crippen molar-refractivity contribution >= 4 is 15.7 Å². The molecular formula is C15H24B2. The number of hydrogen-bond acceptors (Lipinski definition) is 0. The molecule has 4 fully saturated rings. The third-order valence-corrected chi connectivity index (χ3v) is 6.08. The highest BCUT2D eigenvalue weighted by Gasteiger charge is 2.54. The zero-order chi connectivity index (χ0) is 12.4. The number of rotatable bonds is 1. The lowest BCUT2D eigenvalue weighted by molar-refractivity contribution is -0.0584. The summed E-state index contributed by atoms with van der Waals surface area (Å²) in [5, 5.41) is -0.490. The molecule has 0 saturated heterocycles. The Morgan fingerprint density at radius 3 is 1.53 bits per heavy atom. The van der Waals surface area contributed by atoms with Gasteiger partial charge in [0.25, 0.3) is 0 Å². The van der Waals surface area contributed by atoms with E-state index in [4.69, 9.17) is 15.7 Å². The van der Waals surface area contributed by atoms with Gasteiger partial charge >= 0.3 is 0 Å². The van der Waals surface area contributed by atoms with Crippen LogP contribution in [0.25, 0.3) is 0 Å². The monoisotopic (exact) mass is 226 g/mol. The number of hydrogen-bond donors (Lipinski definition) is 0. The Balaban J connectivity index is 1.89. The summed E-state index contributed by atoms with van der Waals surface area (Å²) in [7, 11) is 13.2. The van der Waals surface area contributed by atoms with Crippen molar-refractivity contribution in [3.8, 4) is 0 Å². The molecule has 0 N–H and O–H groups in total. The highest BCUT2D eigenvalue weighted by molar-refractivity contribution is 6.40. The van der Waals surface area contributed by atoms with Crippen LogP contribution in [0.2, 0.25) is 5.21 Å². The summed E-state index contributed by atoms with van der Waals surface area (Å²) in [4.78, 5) is 0. The van der Waals surface area contributed by atoms with E-state index in [-0.39, 0.29) is 5.41 Å². The molecule has 0 aliphatic heterocycles. The third kappa shape index (κ3) is 1.73. The molecule has 4 rings (SSSR count). The lowest BCUT2D eigenvalue weighted by Crippen LogP contribution is -2.53. The van der Waals surface area contributed by atoms with Crippen molar-refractivity contribution in [3.63, 3.8) is 0 Å². The first-order chi connectivity index (χ1) is 7.79. The molecule has 0 unspecified atom stereocenters. The van der Waals surface area contributed by atoms with Crippen molar-refractivity contribution in [2.45, 2.75) is 58.1 Å². The Kier molecular flexibility index (Phi) is 2.56. The van der Waals surface area contributed by atoms with E-state index in [2.05, 4.69) is 20.8 Å². The molecule has 0 aromatic heterocycles. The second-order valence-corrected chi connectivity index (χ2v) is 8.14. The van der Waals surface area contributed by atoms with Gasteiger partial charge in [-0.1, -0.05) is 26.0 Å². The van der Waals surface area contributed by atoms with E-state index < -0.39 is 5.21 Å². The van der Waals surface area contributed by atoms with Gasteiger partial charge < -0.3 is 0 Å². The molecule has 0 heterocycles. The van der Waals surface area contributed by atoms with Gasteiger partial charge in [0.15, 0.2) is 0 Å². The fourth-order valence-corrected chi connectivity index (χ4v) is 5.21. The zero-order valence-electron chi connectivity index (χ0n) is 11.6. The van der Waals surface area contributed by atoms with Crippen molar-refractivity contribution in [1.29, 1.82) is 0 Å². The average Bonchev–Trinajstić information content (AvgIpc) is 2.12. The summed E-state index contributed by atoms with van der Waals surface area (Å²) in [5.41, 5.74) is 0.00698. The predicted molar refractivity (Wildman–Crippen MR) is 74.2 cm³/mol. The molecule has 0 aromatic rings. The van der Waals surface area contributed by atoms with E-state index in [1.165, 1.54) is 32.1 Å². The van der Waals surface area contributed by atoms with Crippen LogP contribution < -0.4 is 0 Å². The minimum atomic E-state index is -0.490.